The van der Waals surface area contributed by atoms with Gasteiger partial charge in [-0.15, -0.1) is 0 Å². The summed E-state index contributed by atoms with van der Waals surface area (Å²) in [5.74, 6) is 0.398. The SMILES string of the molecule is N#C[C@H](Cc1ccc(-c2ccc3cc[nH]c3c2)cc1)NC(=O)C1NC2CCC1C2. The fourth-order valence-corrected chi connectivity index (χ4v) is 4.84. The Balaban J connectivity index is 1.24. The Morgan fingerprint density at radius 3 is 2.69 bits per heavy atom. The fourth-order valence-electron chi connectivity index (χ4n) is 4.84. The van der Waals surface area contributed by atoms with Crippen LogP contribution in [0.5, 0.6) is 0 Å². The lowest BCUT2D eigenvalue weighted by Gasteiger charge is -2.23. The molecule has 2 bridgehead atoms. The van der Waals surface area contributed by atoms with Gasteiger partial charge in [-0.1, -0.05) is 36.4 Å². The molecule has 2 fully saturated rings. The van der Waals surface area contributed by atoms with Crippen molar-refractivity contribution in [3.63, 3.8) is 0 Å². The summed E-state index contributed by atoms with van der Waals surface area (Å²) < 4.78 is 0. The number of aromatic amines is 1. The quantitative estimate of drug-likeness (QED) is 0.629. The number of aromatic nitrogens is 1. The second-order valence-electron chi connectivity index (χ2n) is 8.29. The van der Waals surface area contributed by atoms with Crippen LogP contribution in [0.4, 0.5) is 0 Å². The molecule has 2 heterocycles. The maximum atomic E-state index is 12.6. The second-order valence-corrected chi connectivity index (χ2v) is 8.29. The first kappa shape index (κ1) is 18.0. The second kappa shape index (κ2) is 7.38. The highest BCUT2D eigenvalue weighted by molar-refractivity contribution is 5.85. The molecule has 146 valence electrons. The van der Waals surface area contributed by atoms with Crippen molar-refractivity contribution in [2.24, 2.45) is 5.92 Å². The van der Waals surface area contributed by atoms with Gasteiger partial charge in [-0.3, -0.25) is 4.79 Å². The molecule has 3 unspecified atom stereocenters. The van der Waals surface area contributed by atoms with Crippen molar-refractivity contribution in [1.29, 1.82) is 5.26 Å². The lowest BCUT2D eigenvalue weighted by molar-refractivity contribution is -0.124. The van der Waals surface area contributed by atoms with Gasteiger partial charge in [-0.2, -0.15) is 5.26 Å². The Morgan fingerprint density at radius 1 is 1.14 bits per heavy atom. The highest BCUT2D eigenvalue weighted by atomic mass is 16.2. The molecule has 3 N–H and O–H groups in total. The molecule has 2 aromatic carbocycles. The lowest BCUT2D eigenvalue weighted by atomic mass is 9.98. The van der Waals surface area contributed by atoms with Crippen LogP contribution in [-0.4, -0.2) is 29.0 Å². The third-order valence-electron chi connectivity index (χ3n) is 6.40. The number of hydrogen-bond donors (Lipinski definition) is 3. The summed E-state index contributed by atoms with van der Waals surface area (Å²) in [6.07, 6.45) is 5.83. The molecular weight excluding hydrogens is 360 g/mol. The van der Waals surface area contributed by atoms with Crippen LogP contribution in [0.2, 0.25) is 0 Å². The minimum absolute atomic E-state index is 0.0281. The summed E-state index contributed by atoms with van der Waals surface area (Å²) in [6.45, 7) is 0. The number of carbonyl (C=O) groups excluding carboxylic acids is 1. The molecular formula is C24H24N4O. The van der Waals surface area contributed by atoms with E-state index in [-0.39, 0.29) is 11.9 Å². The van der Waals surface area contributed by atoms with Crippen LogP contribution < -0.4 is 10.6 Å². The van der Waals surface area contributed by atoms with E-state index in [9.17, 15) is 10.1 Å². The number of H-pyrrole nitrogens is 1. The van der Waals surface area contributed by atoms with Crippen LogP contribution in [0.25, 0.3) is 22.0 Å². The minimum atomic E-state index is -0.510. The molecule has 5 nitrogen and oxygen atoms in total. The van der Waals surface area contributed by atoms with Gasteiger partial charge in [-0.25, -0.2) is 0 Å². The van der Waals surface area contributed by atoms with Gasteiger partial charge in [0.1, 0.15) is 6.04 Å². The molecule has 1 aliphatic carbocycles. The van der Waals surface area contributed by atoms with Crippen LogP contribution in [0.15, 0.2) is 54.7 Å². The predicted octanol–water partition coefficient (Wildman–Crippen LogP) is 3.53. The number of rotatable bonds is 5. The molecule has 4 atom stereocenters. The van der Waals surface area contributed by atoms with Gasteiger partial charge in [-0.05, 0) is 59.4 Å². The van der Waals surface area contributed by atoms with E-state index in [0.29, 0.717) is 18.4 Å². The summed E-state index contributed by atoms with van der Waals surface area (Å²) in [5.41, 5.74) is 4.45. The molecule has 0 radical (unpaired) electrons. The van der Waals surface area contributed by atoms with Gasteiger partial charge in [0.25, 0.3) is 0 Å². The molecule has 1 saturated carbocycles. The van der Waals surface area contributed by atoms with Crippen molar-refractivity contribution in [2.75, 3.05) is 0 Å². The van der Waals surface area contributed by atoms with Crippen molar-refractivity contribution < 1.29 is 4.79 Å². The zero-order chi connectivity index (χ0) is 19.8. The number of amides is 1. The fraction of sp³-hybridized carbons (Fsp3) is 0.333. The first-order valence-electron chi connectivity index (χ1n) is 10.3. The maximum Gasteiger partial charge on any atom is 0.238 e. The molecule has 5 rings (SSSR count). The van der Waals surface area contributed by atoms with E-state index in [0.717, 1.165) is 35.0 Å². The summed E-state index contributed by atoms with van der Waals surface area (Å²) in [5, 5.41) is 17.1. The number of fused-ring (bicyclic) bond motifs is 3. The van der Waals surface area contributed by atoms with Gasteiger partial charge < -0.3 is 15.6 Å². The van der Waals surface area contributed by atoms with E-state index >= 15 is 0 Å². The van der Waals surface area contributed by atoms with E-state index in [1.54, 1.807) is 0 Å². The van der Waals surface area contributed by atoms with Crippen LogP contribution in [0.1, 0.15) is 24.8 Å². The van der Waals surface area contributed by atoms with Gasteiger partial charge in [0, 0.05) is 24.2 Å². The average Bonchev–Trinajstić information content (AvgIpc) is 3.50. The summed E-state index contributed by atoms with van der Waals surface area (Å²) >= 11 is 0. The average molecular weight is 384 g/mol. The zero-order valence-corrected chi connectivity index (χ0v) is 16.2. The number of benzene rings is 2. The Labute approximate surface area is 170 Å². The molecule has 2 aliphatic rings. The molecule has 1 aromatic heterocycles. The Morgan fingerprint density at radius 2 is 1.97 bits per heavy atom. The van der Waals surface area contributed by atoms with Gasteiger partial charge in [0.15, 0.2) is 0 Å². The van der Waals surface area contributed by atoms with Gasteiger partial charge >= 0.3 is 0 Å². The van der Waals surface area contributed by atoms with E-state index in [1.807, 2.05) is 18.3 Å². The molecule has 1 aliphatic heterocycles. The lowest BCUT2D eigenvalue weighted by Crippen LogP contribution is -2.50. The summed E-state index contributed by atoms with van der Waals surface area (Å²) in [4.78, 5) is 15.8. The first-order valence-corrected chi connectivity index (χ1v) is 10.3. The van der Waals surface area contributed by atoms with E-state index in [1.165, 1.54) is 11.8 Å². The van der Waals surface area contributed by atoms with Crippen LogP contribution in [-0.2, 0) is 11.2 Å². The molecule has 5 heteroatoms. The van der Waals surface area contributed by atoms with Crippen molar-refractivity contribution >= 4 is 16.8 Å². The van der Waals surface area contributed by atoms with Crippen LogP contribution in [0, 0.1) is 17.2 Å². The normalized spacial score (nSPS) is 23.8. The standard InChI is InChI=1S/C24H24N4O/c25-14-21(28-24(29)23-19-7-8-20(12-19)27-23)11-15-1-3-16(4-2-15)18-6-5-17-9-10-26-22(17)13-18/h1-6,9-10,13,19-21,23,26-27H,7-8,11-12H2,(H,28,29)/t19?,20?,21-,23?/m0/s1. The van der Waals surface area contributed by atoms with Crippen molar-refractivity contribution in [2.45, 2.75) is 43.8 Å². The number of nitrogens with zero attached hydrogens (tertiary/aromatic N) is 1. The highest BCUT2D eigenvalue weighted by Gasteiger charge is 2.43. The van der Waals surface area contributed by atoms with Gasteiger partial charge in [0.05, 0.1) is 12.1 Å². The zero-order valence-electron chi connectivity index (χ0n) is 16.2. The third kappa shape index (κ3) is 3.52. The van der Waals surface area contributed by atoms with Crippen molar-refractivity contribution in [1.82, 2.24) is 15.6 Å². The van der Waals surface area contributed by atoms with E-state index in [4.69, 9.17) is 0 Å². The third-order valence-corrected chi connectivity index (χ3v) is 6.40. The van der Waals surface area contributed by atoms with Crippen LogP contribution in [0.3, 0.4) is 0 Å². The van der Waals surface area contributed by atoms with Gasteiger partial charge in [0.2, 0.25) is 5.91 Å². The highest BCUT2D eigenvalue weighted by Crippen LogP contribution is 2.35. The van der Waals surface area contributed by atoms with Crippen LogP contribution >= 0.6 is 0 Å². The largest absolute Gasteiger partial charge is 0.361 e. The molecule has 1 saturated heterocycles. The summed E-state index contributed by atoms with van der Waals surface area (Å²) in [6, 6.07) is 18.8. The Hall–Kier alpha value is -3.10. The smallest absolute Gasteiger partial charge is 0.238 e. The van der Waals surface area contributed by atoms with E-state index < -0.39 is 6.04 Å². The Kier molecular flexibility index (Phi) is 4.57. The monoisotopic (exact) mass is 384 g/mol. The molecule has 0 spiro atoms. The number of hydrogen-bond acceptors (Lipinski definition) is 3. The molecule has 3 aromatic rings. The number of nitrogens with one attached hydrogen (secondary N) is 3. The number of piperidine rings is 1. The van der Waals surface area contributed by atoms with Crippen molar-refractivity contribution in [3.05, 3.63) is 60.3 Å². The molecule has 29 heavy (non-hydrogen) atoms. The number of nitriles is 1. The van der Waals surface area contributed by atoms with Crippen molar-refractivity contribution in [3.8, 4) is 17.2 Å². The number of carbonyl (C=O) groups is 1. The summed E-state index contributed by atoms with van der Waals surface area (Å²) in [7, 11) is 0. The molecule has 1 amide bonds. The van der Waals surface area contributed by atoms with E-state index in [2.05, 4.69) is 58.1 Å². The predicted molar refractivity (Wildman–Crippen MR) is 113 cm³/mol. The first-order chi connectivity index (χ1) is 14.2. The minimum Gasteiger partial charge on any atom is -0.361 e. The maximum absolute atomic E-state index is 12.6. The Bertz CT molecular complexity index is 1080. The topological polar surface area (TPSA) is 80.7 Å².